The summed E-state index contributed by atoms with van der Waals surface area (Å²) in [7, 11) is 0. The highest BCUT2D eigenvalue weighted by molar-refractivity contribution is 6.00. The van der Waals surface area contributed by atoms with E-state index in [4.69, 9.17) is 0 Å². The lowest BCUT2D eigenvalue weighted by molar-refractivity contribution is -0.152. The van der Waals surface area contributed by atoms with Crippen LogP contribution in [0.3, 0.4) is 0 Å². The Bertz CT molecular complexity index is 409. The monoisotopic (exact) mass is 263 g/mol. The molecule has 2 aliphatic carbocycles. The second-order valence-electron chi connectivity index (χ2n) is 7.50. The predicted octanol–water partition coefficient (Wildman–Crippen LogP) is 3.04. The molecule has 2 amide bonds. The number of amides is 2. The van der Waals surface area contributed by atoms with Gasteiger partial charge >= 0.3 is 0 Å². The van der Waals surface area contributed by atoms with Gasteiger partial charge in [-0.15, -0.1) is 0 Å². The predicted molar refractivity (Wildman–Crippen MR) is 73.3 cm³/mol. The molecule has 3 aliphatic rings. The van der Waals surface area contributed by atoms with Gasteiger partial charge in [-0.1, -0.05) is 33.1 Å². The molecule has 0 bridgehead atoms. The van der Waals surface area contributed by atoms with Crippen LogP contribution in [0, 0.1) is 22.7 Å². The molecule has 1 spiro atoms. The van der Waals surface area contributed by atoms with Gasteiger partial charge in [0.15, 0.2) is 0 Å². The van der Waals surface area contributed by atoms with Crippen LogP contribution in [0.1, 0.15) is 65.2 Å². The van der Waals surface area contributed by atoms with Crippen LogP contribution in [0.2, 0.25) is 0 Å². The normalized spacial score (nSPS) is 38.9. The summed E-state index contributed by atoms with van der Waals surface area (Å²) in [5, 5.41) is 2.62. The van der Waals surface area contributed by atoms with Crippen molar-refractivity contribution in [2.24, 2.45) is 22.7 Å². The van der Waals surface area contributed by atoms with E-state index in [1.54, 1.807) is 0 Å². The molecular formula is C16H25NO2. The first-order chi connectivity index (χ1) is 8.96. The van der Waals surface area contributed by atoms with E-state index in [1.807, 2.05) is 0 Å². The highest BCUT2D eigenvalue weighted by Crippen LogP contribution is 2.62. The fraction of sp³-hybridized carbons (Fsp3) is 0.875. The number of carbonyl (C=O) groups excluding carboxylic acids is 2. The molecule has 0 aromatic heterocycles. The van der Waals surface area contributed by atoms with Crippen molar-refractivity contribution in [3.8, 4) is 0 Å². The highest BCUT2D eigenvalue weighted by atomic mass is 16.2. The Hall–Kier alpha value is -0.860. The Morgan fingerprint density at radius 2 is 1.74 bits per heavy atom. The van der Waals surface area contributed by atoms with E-state index in [0.29, 0.717) is 12.3 Å². The number of imide groups is 1. The van der Waals surface area contributed by atoms with E-state index in [1.165, 1.54) is 25.7 Å². The van der Waals surface area contributed by atoms with Crippen LogP contribution in [-0.2, 0) is 9.59 Å². The minimum atomic E-state index is -0.0680. The Labute approximate surface area is 115 Å². The minimum absolute atomic E-state index is 0.0260. The molecule has 1 heterocycles. The smallest absolute Gasteiger partial charge is 0.230 e. The van der Waals surface area contributed by atoms with Crippen molar-refractivity contribution in [3.63, 3.8) is 0 Å². The average molecular weight is 263 g/mol. The Morgan fingerprint density at radius 3 is 2.32 bits per heavy atom. The van der Waals surface area contributed by atoms with Gasteiger partial charge < -0.3 is 0 Å². The van der Waals surface area contributed by atoms with Crippen molar-refractivity contribution in [3.05, 3.63) is 0 Å². The van der Waals surface area contributed by atoms with Gasteiger partial charge in [-0.2, -0.15) is 0 Å². The third-order valence-electron chi connectivity index (χ3n) is 6.26. The Morgan fingerprint density at radius 1 is 1.05 bits per heavy atom. The maximum absolute atomic E-state index is 12.5. The molecule has 0 radical (unpaired) electrons. The number of nitrogens with one attached hydrogen (secondary N) is 1. The lowest BCUT2D eigenvalue weighted by Crippen LogP contribution is -2.57. The van der Waals surface area contributed by atoms with Crippen LogP contribution in [-0.4, -0.2) is 11.8 Å². The van der Waals surface area contributed by atoms with Crippen LogP contribution >= 0.6 is 0 Å². The number of carbonyl (C=O) groups is 2. The first-order valence-corrected chi connectivity index (χ1v) is 7.80. The summed E-state index contributed by atoms with van der Waals surface area (Å²) in [4.78, 5) is 24.5. The standard InChI is InChI=1S/C16H25NO2/c1-15(2)8-5-9-16(15)10-12(18)17-14(19)13(16)11-6-3-4-7-11/h11,13H,3-10H2,1-2H3,(H,17,18,19). The fourth-order valence-electron chi connectivity index (χ4n) is 5.20. The van der Waals surface area contributed by atoms with E-state index < -0.39 is 0 Å². The number of rotatable bonds is 1. The lowest BCUT2D eigenvalue weighted by atomic mass is 9.54. The number of hydrogen-bond acceptors (Lipinski definition) is 2. The van der Waals surface area contributed by atoms with Gasteiger partial charge in [0.05, 0.1) is 0 Å². The van der Waals surface area contributed by atoms with Crippen LogP contribution < -0.4 is 5.32 Å². The fourth-order valence-corrected chi connectivity index (χ4v) is 5.20. The molecular weight excluding hydrogens is 238 g/mol. The average Bonchev–Trinajstić information content (AvgIpc) is 2.88. The van der Waals surface area contributed by atoms with Crippen LogP contribution in [0.5, 0.6) is 0 Å². The van der Waals surface area contributed by atoms with Crippen molar-refractivity contribution < 1.29 is 9.59 Å². The molecule has 1 N–H and O–H groups in total. The van der Waals surface area contributed by atoms with Gasteiger partial charge in [-0.25, -0.2) is 0 Å². The summed E-state index contributed by atoms with van der Waals surface area (Å²) in [6.07, 6.45) is 8.77. The van der Waals surface area contributed by atoms with Crippen LogP contribution in [0.15, 0.2) is 0 Å². The van der Waals surface area contributed by atoms with E-state index >= 15 is 0 Å². The summed E-state index contributed by atoms with van der Waals surface area (Å²) in [5.74, 6) is 0.558. The summed E-state index contributed by atoms with van der Waals surface area (Å²) >= 11 is 0. The van der Waals surface area contributed by atoms with E-state index in [-0.39, 0.29) is 28.6 Å². The molecule has 106 valence electrons. The van der Waals surface area contributed by atoms with Gasteiger partial charge in [0.25, 0.3) is 0 Å². The zero-order chi connectivity index (χ0) is 13.7. The van der Waals surface area contributed by atoms with E-state index in [9.17, 15) is 9.59 Å². The van der Waals surface area contributed by atoms with Crippen molar-refractivity contribution in [2.45, 2.75) is 65.2 Å². The molecule has 19 heavy (non-hydrogen) atoms. The highest BCUT2D eigenvalue weighted by Gasteiger charge is 2.60. The zero-order valence-corrected chi connectivity index (χ0v) is 12.1. The summed E-state index contributed by atoms with van der Waals surface area (Å²) < 4.78 is 0. The lowest BCUT2D eigenvalue weighted by Gasteiger charge is -2.50. The molecule has 2 saturated carbocycles. The first-order valence-electron chi connectivity index (χ1n) is 7.80. The maximum atomic E-state index is 12.5. The van der Waals surface area contributed by atoms with Gasteiger partial charge in [-0.3, -0.25) is 14.9 Å². The van der Waals surface area contributed by atoms with Crippen LogP contribution in [0.25, 0.3) is 0 Å². The molecule has 3 fully saturated rings. The van der Waals surface area contributed by atoms with E-state index in [0.717, 1.165) is 19.3 Å². The van der Waals surface area contributed by atoms with Crippen molar-refractivity contribution in [1.29, 1.82) is 0 Å². The third kappa shape index (κ3) is 1.85. The van der Waals surface area contributed by atoms with E-state index in [2.05, 4.69) is 19.2 Å². The summed E-state index contributed by atoms with van der Waals surface area (Å²) in [6, 6.07) is 0. The van der Waals surface area contributed by atoms with Gasteiger partial charge in [0.2, 0.25) is 11.8 Å². The summed E-state index contributed by atoms with van der Waals surface area (Å²) in [6.45, 7) is 4.54. The van der Waals surface area contributed by atoms with Crippen LogP contribution in [0.4, 0.5) is 0 Å². The van der Waals surface area contributed by atoms with Gasteiger partial charge in [-0.05, 0) is 42.4 Å². The molecule has 0 aromatic rings. The molecule has 2 unspecified atom stereocenters. The zero-order valence-electron chi connectivity index (χ0n) is 12.1. The molecule has 1 aliphatic heterocycles. The largest absolute Gasteiger partial charge is 0.296 e. The quantitative estimate of drug-likeness (QED) is 0.739. The third-order valence-corrected chi connectivity index (χ3v) is 6.26. The first kappa shape index (κ1) is 13.1. The molecule has 1 saturated heterocycles. The number of hydrogen-bond donors (Lipinski definition) is 1. The second kappa shape index (κ2) is 4.32. The second-order valence-corrected chi connectivity index (χ2v) is 7.50. The molecule has 0 aromatic carbocycles. The summed E-state index contributed by atoms with van der Waals surface area (Å²) in [5.41, 5.74) is 0.0507. The van der Waals surface area contributed by atoms with Crippen molar-refractivity contribution in [1.82, 2.24) is 5.32 Å². The van der Waals surface area contributed by atoms with Crippen molar-refractivity contribution >= 4 is 11.8 Å². The topological polar surface area (TPSA) is 46.2 Å². The molecule has 3 nitrogen and oxygen atoms in total. The number of piperidine rings is 1. The SMILES string of the molecule is CC1(C)CCCC12CC(=O)NC(=O)C2C1CCCC1. The maximum Gasteiger partial charge on any atom is 0.230 e. The Balaban J connectivity index is 2.01. The molecule has 3 heteroatoms. The molecule has 2 atom stereocenters. The minimum Gasteiger partial charge on any atom is -0.296 e. The molecule has 3 rings (SSSR count). The van der Waals surface area contributed by atoms with Gasteiger partial charge in [0.1, 0.15) is 0 Å². The van der Waals surface area contributed by atoms with Gasteiger partial charge in [0, 0.05) is 12.3 Å². The van der Waals surface area contributed by atoms with Crippen molar-refractivity contribution in [2.75, 3.05) is 0 Å². The Kier molecular flexibility index (Phi) is 2.99.